The molecule has 0 fully saturated rings. The second-order valence-corrected chi connectivity index (χ2v) is 23.6. The molecule has 0 aliphatic carbocycles. The summed E-state index contributed by atoms with van der Waals surface area (Å²) in [6, 6.07) is 8.06. The van der Waals surface area contributed by atoms with Crippen LogP contribution in [0.2, 0.25) is 36.3 Å². The first-order chi connectivity index (χ1) is 16.4. The minimum Gasteiger partial charge on any atom is -0.455 e. The Bertz CT molecular complexity index is 986. The van der Waals surface area contributed by atoms with Gasteiger partial charge in [0.05, 0.1) is 11.4 Å². The van der Waals surface area contributed by atoms with Crippen LogP contribution in [0.15, 0.2) is 57.0 Å². The van der Waals surface area contributed by atoms with Crippen molar-refractivity contribution < 1.29 is 9.05 Å². The maximum Gasteiger partial charge on any atom is 0.286 e. The minimum absolute atomic E-state index is 0.114. The van der Waals surface area contributed by atoms with Gasteiger partial charge in [0.2, 0.25) is 0 Å². The summed E-state index contributed by atoms with van der Waals surface area (Å²) in [6.07, 6.45) is 3.69. The van der Waals surface area contributed by atoms with E-state index in [9.17, 15) is 0 Å². The van der Waals surface area contributed by atoms with Crippen molar-refractivity contribution in [1.82, 2.24) is 9.97 Å². The number of rotatable bonds is 9. The third-order valence-electron chi connectivity index (χ3n) is 6.95. The first-order valence-electron chi connectivity index (χ1n) is 12.2. The Labute approximate surface area is 227 Å². The fourth-order valence-corrected chi connectivity index (χ4v) is 5.11. The summed E-state index contributed by atoms with van der Waals surface area (Å²) in [5, 5.41) is 10.9. The predicted octanol–water partition coefficient (Wildman–Crippen LogP) is 8.77. The van der Waals surface area contributed by atoms with E-state index in [4.69, 9.17) is 9.05 Å². The topological polar surface area (TPSA) is 69.0 Å². The quantitative estimate of drug-likeness (QED) is 0.132. The molecule has 0 saturated heterocycles. The van der Waals surface area contributed by atoms with Crippen LogP contribution in [-0.4, -0.2) is 38.0 Å². The fraction of sp³-hybridized carbons (Fsp3) is 0.538. The number of oxime groups is 2. The molecule has 0 radical (unpaired) electrons. The van der Waals surface area contributed by atoms with Gasteiger partial charge in [-0.15, -0.1) is 10.3 Å². The molecule has 10 heteroatoms. The van der Waals surface area contributed by atoms with Crippen LogP contribution in [-0.2, 0) is 9.05 Å². The molecule has 0 N–H and O–H groups in total. The van der Waals surface area contributed by atoms with Gasteiger partial charge in [-0.2, -0.15) is 0 Å². The van der Waals surface area contributed by atoms with E-state index in [2.05, 4.69) is 88.0 Å². The minimum atomic E-state index is -1.93. The highest BCUT2D eigenvalue weighted by Gasteiger charge is 2.40. The highest BCUT2D eigenvalue weighted by Crippen LogP contribution is 2.38. The number of hydrogen-bond donors (Lipinski definition) is 0. The van der Waals surface area contributed by atoms with Gasteiger partial charge < -0.3 is 9.05 Å². The van der Waals surface area contributed by atoms with Crippen molar-refractivity contribution in [3.8, 4) is 0 Å². The molecule has 0 aromatic carbocycles. The molecule has 36 heavy (non-hydrogen) atoms. The zero-order chi connectivity index (χ0) is 27.4. The third-order valence-corrected chi connectivity index (χ3v) is 17.5. The Morgan fingerprint density at radius 1 is 0.667 bits per heavy atom. The Balaban J connectivity index is 1.96. The van der Waals surface area contributed by atoms with E-state index in [-0.39, 0.29) is 10.1 Å². The Morgan fingerprint density at radius 2 is 1.00 bits per heavy atom. The van der Waals surface area contributed by atoms with Gasteiger partial charge in [-0.05, 0) is 96.0 Å². The predicted molar refractivity (Wildman–Crippen MR) is 161 cm³/mol. The standard InChI is InChI=1S/C26H42N4O2S2Si2/c1-19(29-31-35(9,10)25(3,4)5)21-13-15-23(27-17-21)33-34-24-16-14-22(18-28-24)20(2)30-32-36(11,12)26(6,7)8/h13-18H,1-12H3/b29-19-,30-20-. The maximum absolute atomic E-state index is 5.99. The van der Waals surface area contributed by atoms with E-state index >= 15 is 0 Å². The summed E-state index contributed by atoms with van der Waals surface area (Å²) in [7, 11) is -0.708. The average Bonchev–Trinajstić information content (AvgIpc) is 2.79. The van der Waals surface area contributed by atoms with Crippen molar-refractivity contribution >= 4 is 49.6 Å². The van der Waals surface area contributed by atoms with Crippen LogP contribution in [0.25, 0.3) is 0 Å². The van der Waals surface area contributed by atoms with Crippen molar-refractivity contribution in [2.75, 3.05) is 0 Å². The van der Waals surface area contributed by atoms with Gasteiger partial charge in [-0.1, -0.05) is 41.5 Å². The molecule has 0 unspecified atom stereocenters. The summed E-state index contributed by atoms with van der Waals surface area (Å²) in [5.74, 6) is 0. The largest absolute Gasteiger partial charge is 0.455 e. The number of aromatic nitrogens is 2. The SMILES string of the molecule is C/C(=N/O[Si](C)(C)C(C)(C)C)c1ccc(SSc2ccc(/C(C)=N\O[Si](C)(C)C(C)(C)C)cn2)nc1. The summed E-state index contributed by atoms with van der Waals surface area (Å²) >= 11 is 0. The molecular weight excluding hydrogens is 521 g/mol. The molecule has 0 amide bonds. The van der Waals surface area contributed by atoms with Crippen LogP contribution in [0.3, 0.4) is 0 Å². The smallest absolute Gasteiger partial charge is 0.286 e. The Kier molecular flexibility index (Phi) is 10.1. The second-order valence-electron chi connectivity index (χ2n) is 12.0. The van der Waals surface area contributed by atoms with E-state index in [0.717, 1.165) is 32.6 Å². The van der Waals surface area contributed by atoms with Crippen molar-refractivity contribution in [3.05, 3.63) is 47.8 Å². The van der Waals surface area contributed by atoms with Crippen LogP contribution in [0.4, 0.5) is 0 Å². The van der Waals surface area contributed by atoms with Crippen LogP contribution >= 0.6 is 21.6 Å². The third kappa shape index (κ3) is 8.46. The van der Waals surface area contributed by atoms with E-state index in [1.165, 1.54) is 0 Å². The van der Waals surface area contributed by atoms with Crippen molar-refractivity contribution in [2.24, 2.45) is 10.3 Å². The van der Waals surface area contributed by atoms with Gasteiger partial charge in [0, 0.05) is 23.5 Å². The molecule has 2 aromatic rings. The summed E-state index contributed by atoms with van der Waals surface area (Å²) in [4.78, 5) is 9.16. The van der Waals surface area contributed by atoms with E-state index in [0.29, 0.717) is 0 Å². The lowest BCUT2D eigenvalue weighted by Gasteiger charge is -2.33. The maximum atomic E-state index is 5.99. The van der Waals surface area contributed by atoms with E-state index < -0.39 is 16.6 Å². The number of hydrogen-bond acceptors (Lipinski definition) is 8. The molecule has 0 saturated carbocycles. The fourth-order valence-electron chi connectivity index (χ4n) is 2.12. The van der Waals surface area contributed by atoms with Crippen molar-refractivity contribution in [3.63, 3.8) is 0 Å². The van der Waals surface area contributed by atoms with Gasteiger partial charge in [-0.3, -0.25) is 0 Å². The summed E-state index contributed by atoms with van der Waals surface area (Å²) < 4.78 is 12.0. The van der Waals surface area contributed by atoms with Gasteiger partial charge in [0.15, 0.2) is 0 Å². The Morgan fingerprint density at radius 3 is 1.25 bits per heavy atom. The van der Waals surface area contributed by atoms with Crippen LogP contribution in [0.5, 0.6) is 0 Å². The van der Waals surface area contributed by atoms with E-state index in [1.807, 2.05) is 50.5 Å². The molecule has 198 valence electrons. The number of pyridine rings is 2. The summed E-state index contributed by atoms with van der Waals surface area (Å²) in [6.45, 7) is 25.9. The summed E-state index contributed by atoms with van der Waals surface area (Å²) in [5.41, 5.74) is 3.59. The van der Waals surface area contributed by atoms with Crippen LogP contribution in [0, 0.1) is 0 Å². The van der Waals surface area contributed by atoms with E-state index in [1.54, 1.807) is 21.6 Å². The molecule has 2 rings (SSSR count). The van der Waals surface area contributed by atoms with Crippen molar-refractivity contribution in [1.29, 1.82) is 0 Å². The Hall–Kier alpha value is -1.63. The molecule has 6 nitrogen and oxygen atoms in total. The average molecular weight is 563 g/mol. The molecule has 0 atom stereocenters. The molecule has 0 aliphatic heterocycles. The zero-order valence-corrected chi connectivity index (χ0v) is 27.5. The molecular formula is C26H42N4O2S2Si2. The molecule has 2 heterocycles. The lowest BCUT2D eigenvalue weighted by molar-refractivity contribution is 0.308. The first kappa shape index (κ1) is 30.6. The highest BCUT2D eigenvalue weighted by molar-refractivity contribution is 8.76. The lowest BCUT2D eigenvalue weighted by atomic mass is 10.2. The molecule has 0 bridgehead atoms. The zero-order valence-electron chi connectivity index (χ0n) is 23.9. The molecule has 2 aromatic heterocycles. The van der Waals surface area contributed by atoms with Gasteiger partial charge in [0.25, 0.3) is 16.6 Å². The molecule has 0 aliphatic rings. The molecule has 0 spiro atoms. The van der Waals surface area contributed by atoms with Gasteiger partial charge in [0.1, 0.15) is 10.1 Å². The van der Waals surface area contributed by atoms with Crippen LogP contribution < -0.4 is 0 Å². The van der Waals surface area contributed by atoms with Gasteiger partial charge >= 0.3 is 0 Å². The number of nitrogens with zero attached hydrogens (tertiary/aromatic N) is 4. The van der Waals surface area contributed by atoms with Crippen molar-refractivity contribution in [2.45, 2.75) is 102 Å². The van der Waals surface area contributed by atoms with Crippen LogP contribution in [0.1, 0.15) is 66.5 Å². The first-order valence-corrected chi connectivity index (χ1v) is 20.1. The highest BCUT2D eigenvalue weighted by atomic mass is 33.1. The second kappa shape index (κ2) is 11.8. The normalized spacial score (nSPS) is 14.1. The monoisotopic (exact) mass is 562 g/mol. The van der Waals surface area contributed by atoms with Gasteiger partial charge in [-0.25, -0.2) is 9.97 Å². The lowest BCUT2D eigenvalue weighted by Crippen LogP contribution is -2.39.